The number of carbonyl (C=O) groups excluding carboxylic acids is 2. The van der Waals surface area contributed by atoms with Crippen molar-refractivity contribution in [2.45, 2.75) is 20.3 Å². The Morgan fingerprint density at radius 1 is 1.44 bits per heavy atom. The fourth-order valence-corrected chi connectivity index (χ4v) is 1.36. The molecule has 1 aromatic rings. The van der Waals surface area contributed by atoms with Crippen LogP contribution in [0.4, 0.5) is 0 Å². The molecule has 0 aromatic carbocycles. The lowest BCUT2D eigenvalue weighted by molar-refractivity contribution is -0.136. The smallest absolute Gasteiger partial charge is 0.364 e. The Morgan fingerprint density at radius 2 is 2.11 bits per heavy atom. The number of ether oxygens (including phenoxy) is 1. The quantitative estimate of drug-likeness (QED) is 0.488. The molecular weight excluding hydrogens is 300 g/mol. The maximum absolute atomic E-state index is 11.6. The van der Waals surface area contributed by atoms with Gasteiger partial charge in [-0.15, -0.1) is 0 Å². The average Bonchev–Trinajstić information content (AvgIpc) is 2.32. The van der Waals surface area contributed by atoms with Gasteiger partial charge < -0.3 is 4.74 Å². The van der Waals surface area contributed by atoms with Gasteiger partial charge in [0.25, 0.3) is 0 Å². The molecule has 0 fully saturated rings. The summed E-state index contributed by atoms with van der Waals surface area (Å²) in [4.78, 5) is 30.9. The van der Waals surface area contributed by atoms with Crippen molar-refractivity contribution < 1.29 is 14.3 Å². The molecule has 1 rings (SSSR count). The van der Waals surface area contributed by atoms with Crippen LogP contribution in [-0.4, -0.2) is 29.7 Å². The summed E-state index contributed by atoms with van der Waals surface area (Å²) < 4.78 is 5.46. The van der Waals surface area contributed by atoms with Crippen molar-refractivity contribution in [1.82, 2.24) is 4.98 Å². The van der Waals surface area contributed by atoms with E-state index in [9.17, 15) is 9.59 Å². The van der Waals surface area contributed by atoms with Gasteiger partial charge in [-0.2, -0.15) is 0 Å². The van der Waals surface area contributed by atoms with E-state index in [-0.39, 0.29) is 12.1 Å². The van der Waals surface area contributed by atoms with Crippen LogP contribution < -0.4 is 0 Å². The van der Waals surface area contributed by atoms with E-state index in [1.54, 1.807) is 27.0 Å². The first-order valence-electron chi connectivity index (χ1n) is 5.24. The standard InChI is InChI=1S/C12H13BrN2O3/c1-7(14-3)6-11(16)18-12(17)10-5-4-9(13)8(2)15-10/h4-5H,6H2,1-3H3/b14-7+. The molecule has 0 saturated carbocycles. The van der Waals surface area contributed by atoms with Gasteiger partial charge in [0.05, 0.1) is 12.1 Å². The Morgan fingerprint density at radius 3 is 2.67 bits per heavy atom. The highest BCUT2D eigenvalue weighted by molar-refractivity contribution is 9.10. The maximum atomic E-state index is 11.6. The zero-order chi connectivity index (χ0) is 13.7. The topological polar surface area (TPSA) is 68.6 Å². The number of aliphatic imine (C=N–C) groups is 1. The fourth-order valence-electron chi connectivity index (χ4n) is 1.14. The minimum absolute atomic E-state index is 0.00223. The van der Waals surface area contributed by atoms with E-state index in [1.807, 2.05) is 0 Å². The van der Waals surface area contributed by atoms with Crippen molar-refractivity contribution in [3.8, 4) is 0 Å². The summed E-state index contributed by atoms with van der Waals surface area (Å²) in [7, 11) is 1.57. The molecule has 0 radical (unpaired) electrons. The van der Waals surface area contributed by atoms with E-state index in [2.05, 4.69) is 30.6 Å². The van der Waals surface area contributed by atoms with Gasteiger partial charge in [-0.25, -0.2) is 9.78 Å². The monoisotopic (exact) mass is 312 g/mol. The second-order valence-corrected chi connectivity index (χ2v) is 4.52. The molecule has 5 nitrogen and oxygen atoms in total. The number of aromatic nitrogens is 1. The normalized spacial score (nSPS) is 11.2. The van der Waals surface area contributed by atoms with E-state index in [4.69, 9.17) is 0 Å². The summed E-state index contributed by atoms with van der Waals surface area (Å²) in [6.07, 6.45) is -0.00223. The Labute approximate surface area is 113 Å². The number of nitrogens with zero attached hydrogens (tertiary/aromatic N) is 2. The molecule has 0 N–H and O–H groups in total. The number of halogens is 1. The Hall–Kier alpha value is -1.56. The number of carbonyl (C=O) groups is 2. The van der Waals surface area contributed by atoms with Crippen molar-refractivity contribution >= 4 is 33.6 Å². The minimum atomic E-state index is -0.750. The summed E-state index contributed by atoms with van der Waals surface area (Å²) in [6.45, 7) is 3.43. The van der Waals surface area contributed by atoms with Gasteiger partial charge in [0.15, 0.2) is 0 Å². The number of pyridine rings is 1. The van der Waals surface area contributed by atoms with Crippen LogP contribution >= 0.6 is 15.9 Å². The van der Waals surface area contributed by atoms with Crippen molar-refractivity contribution in [2.24, 2.45) is 4.99 Å². The summed E-state index contributed by atoms with van der Waals surface area (Å²) in [5, 5.41) is 0. The SMILES string of the molecule is C/N=C(\C)CC(=O)OC(=O)c1ccc(Br)c(C)n1. The molecule has 0 aliphatic rings. The highest BCUT2D eigenvalue weighted by atomic mass is 79.9. The van der Waals surface area contributed by atoms with E-state index >= 15 is 0 Å². The van der Waals surface area contributed by atoms with Gasteiger partial charge in [-0.05, 0) is 41.9 Å². The highest BCUT2D eigenvalue weighted by Gasteiger charge is 2.15. The number of rotatable bonds is 3. The average molecular weight is 313 g/mol. The molecule has 0 unspecified atom stereocenters. The predicted octanol–water partition coefficient (Wildman–Crippen LogP) is 2.32. The molecule has 1 aromatic heterocycles. The van der Waals surface area contributed by atoms with Gasteiger partial charge in [0.2, 0.25) is 0 Å². The largest absolute Gasteiger partial charge is 0.388 e. The predicted molar refractivity (Wildman–Crippen MR) is 70.7 cm³/mol. The first-order chi connectivity index (χ1) is 8.43. The summed E-state index contributed by atoms with van der Waals surface area (Å²) >= 11 is 3.27. The lowest BCUT2D eigenvalue weighted by Crippen LogP contribution is -2.16. The summed E-state index contributed by atoms with van der Waals surface area (Å²) in [5.41, 5.74) is 1.37. The Balaban J connectivity index is 2.71. The lowest BCUT2D eigenvalue weighted by Gasteiger charge is -2.04. The van der Waals surface area contributed by atoms with Crippen LogP contribution in [0.25, 0.3) is 0 Å². The van der Waals surface area contributed by atoms with Crippen LogP contribution in [0.3, 0.4) is 0 Å². The molecule has 6 heteroatoms. The molecule has 0 spiro atoms. The van der Waals surface area contributed by atoms with Gasteiger partial charge >= 0.3 is 11.9 Å². The molecule has 0 atom stereocenters. The van der Waals surface area contributed by atoms with Crippen molar-refractivity contribution in [3.05, 3.63) is 28.0 Å². The third-order valence-corrected chi connectivity index (χ3v) is 3.06. The van der Waals surface area contributed by atoms with Gasteiger partial charge in [0, 0.05) is 17.2 Å². The minimum Gasteiger partial charge on any atom is -0.388 e. The second kappa shape index (κ2) is 6.39. The zero-order valence-corrected chi connectivity index (χ0v) is 11.9. The van der Waals surface area contributed by atoms with Crippen molar-refractivity contribution in [3.63, 3.8) is 0 Å². The van der Waals surface area contributed by atoms with Crippen LogP contribution in [0.5, 0.6) is 0 Å². The van der Waals surface area contributed by atoms with Crippen LogP contribution in [0, 0.1) is 6.92 Å². The third-order valence-electron chi connectivity index (χ3n) is 2.22. The summed E-state index contributed by atoms with van der Waals surface area (Å²) in [6, 6.07) is 3.18. The molecule has 1 heterocycles. The van der Waals surface area contributed by atoms with E-state index < -0.39 is 11.9 Å². The first kappa shape index (κ1) is 14.5. The Kier molecular flexibility index (Phi) is 5.15. The lowest BCUT2D eigenvalue weighted by atomic mass is 10.3. The summed E-state index contributed by atoms with van der Waals surface area (Å²) in [5.74, 6) is -1.38. The van der Waals surface area contributed by atoms with E-state index in [0.29, 0.717) is 11.4 Å². The number of esters is 2. The Bertz CT molecular complexity index is 512. The fraction of sp³-hybridized carbons (Fsp3) is 0.333. The first-order valence-corrected chi connectivity index (χ1v) is 6.03. The van der Waals surface area contributed by atoms with Crippen LogP contribution in [0.2, 0.25) is 0 Å². The number of hydrogen-bond acceptors (Lipinski definition) is 5. The molecule has 18 heavy (non-hydrogen) atoms. The zero-order valence-electron chi connectivity index (χ0n) is 10.4. The molecule has 0 saturated heterocycles. The van der Waals surface area contributed by atoms with Crippen molar-refractivity contribution in [1.29, 1.82) is 0 Å². The van der Waals surface area contributed by atoms with E-state index in [0.717, 1.165) is 4.47 Å². The van der Waals surface area contributed by atoms with Gasteiger partial charge in [-0.1, -0.05) is 0 Å². The van der Waals surface area contributed by atoms with Crippen molar-refractivity contribution in [2.75, 3.05) is 7.05 Å². The van der Waals surface area contributed by atoms with Crippen LogP contribution in [-0.2, 0) is 9.53 Å². The molecule has 96 valence electrons. The molecular formula is C12H13BrN2O3. The van der Waals surface area contributed by atoms with Crippen LogP contribution in [0.1, 0.15) is 29.5 Å². The second-order valence-electron chi connectivity index (χ2n) is 3.66. The molecule has 0 bridgehead atoms. The van der Waals surface area contributed by atoms with Crippen LogP contribution in [0.15, 0.2) is 21.6 Å². The molecule has 0 aliphatic carbocycles. The third kappa shape index (κ3) is 4.03. The van der Waals surface area contributed by atoms with Gasteiger partial charge in [0.1, 0.15) is 5.69 Å². The van der Waals surface area contributed by atoms with E-state index in [1.165, 1.54) is 6.07 Å². The number of hydrogen-bond donors (Lipinski definition) is 0. The maximum Gasteiger partial charge on any atom is 0.364 e. The number of aryl methyl sites for hydroxylation is 1. The highest BCUT2D eigenvalue weighted by Crippen LogP contribution is 2.14. The molecule has 0 amide bonds. The van der Waals surface area contributed by atoms with Gasteiger partial charge in [-0.3, -0.25) is 9.79 Å². The molecule has 0 aliphatic heterocycles.